The van der Waals surface area contributed by atoms with Crippen LogP contribution in [0.5, 0.6) is 0 Å². The average molecular weight is 335 g/mol. The third-order valence-corrected chi connectivity index (χ3v) is 5.18. The van der Waals surface area contributed by atoms with Crippen molar-refractivity contribution < 1.29 is 23.8 Å². The first-order chi connectivity index (χ1) is 11.5. The normalized spacial score (nSPS) is 23.2. The van der Waals surface area contributed by atoms with Crippen molar-refractivity contribution in [3.63, 3.8) is 0 Å². The van der Waals surface area contributed by atoms with E-state index in [0.29, 0.717) is 44.6 Å². The minimum atomic E-state index is -0.897. The summed E-state index contributed by atoms with van der Waals surface area (Å²) in [6, 6.07) is 5.92. The maximum atomic E-state index is 13.7. The Labute approximate surface area is 140 Å². The van der Waals surface area contributed by atoms with Gasteiger partial charge in [-0.2, -0.15) is 0 Å². The molecule has 1 aromatic rings. The van der Waals surface area contributed by atoms with Crippen molar-refractivity contribution in [1.29, 1.82) is 0 Å². The second-order valence-electron chi connectivity index (χ2n) is 6.60. The number of carbonyl (C=O) groups is 2. The number of hydrogen-bond donors (Lipinski definition) is 1. The third kappa shape index (κ3) is 3.15. The predicted octanol–water partition coefficient (Wildman–Crippen LogP) is 2.34. The van der Waals surface area contributed by atoms with Crippen LogP contribution in [0, 0.1) is 5.82 Å². The largest absolute Gasteiger partial charge is 0.481 e. The maximum Gasteiger partial charge on any atom is 0.305 e. The van der Waals surface area contributed by atoms with Gasteiger partial charge in [0, 0.05) is 25.8 Å². The van der Waals surface area contributed by atoms with Crippen molar-refractivity contribution in [2.75, 3.05) is 19.8 Å². The molecule has 24 heavy (non-hydrogen) atoms. The monoisotopic (exact) mass is 335 g/mol. The van der Waals surface area contributed by atoms with Crippen LogP contribution in [-0.2, 0) is 19.7 Å². The maximum absolute atomic E-state index is 13.7. The number of hydrogen-bond acceptors (Lipinski definition) is 3. The number of aliphatic carboxylic acids is 1. The SMILES string of the molecule is O=C(O)CC1CCCN1C(=O)C1(c2cccc(F)c2)CCOCC1. The van der Waals surface area contributed by atoms with Crippen LogP contribution in [-0.4, -0.2) is 47.7 Å². The first kappa shape index (κ1) is 16.9. The van der Waals surface area contributed by atoms with Crippen LogP contribution in [0.3, 0.4) is 0 Å². The molecule has 0 radical (unpaired) electrons. The van der Waals surface area contributed by atoms with E-state index in [1.165, 1.54) is 12.1 Å². The van der Waals surface area contributed by atoms with Gasteiger partial charge in [0.05, 0.1) is 11.8 Å². The fourth-order valence-corrected chi connectivity index (χ4v) is 3.92. The molecule has 0 spiro atoms. The van der Waals surface area contributed by atoms with Crippen molar-refractivity contribution in [3.8, 4) is 0 Å². The summed E-state index contributed by atoms with van der Waals surface area (Å²) in [5.74, 6) is -1.35. The number of rotatable bonds is 4. The Hall–Kier alpha value is -1.95. The van der Waals surface area contributed by atoms with E-state index in [1.807, 2.05) is 0 Å². The van der Waals surface area contributed by atoms with Gasteiger partial charge in [-0.1, -0.05) is 12.1 Å². The number of likely N-dealkylation sites (tertiary alicyclic amines) is 1. The van der Waals surface area contributed by atoms with Crippen LogP contribution < -0.4 is 0 Å². The lowest BCUT2D eigenvalue weighted by atomic mass is 9.72. The lowest BCUT2D eigenvalue weighted by Crippen LogP contribution is -2.51. The lowest BCUT2D eigenvalue weighted by Gasteiger charge is -2.40. The molecule has 5 nitrogen and oxygen atoms in total. The minimum Gasteiger partial charge on any atom is -0.481 e. The third-order valence-electron chi connectivity index (χ3n) is 5.18. The highest BCUT2D eigenvalue weighted by atomic mass is 19.1. The van der Waals surface area contributed by atoms with E-state index in [1.54, 1.807) is 17.0 Å². The number of carboxylic acid groups (broad SMARTS) is 1. The standard InChI is InChI=1S/C18H22FNO4/c19-14-4-1-3-13(11-14)18(6-9-24-10-7-18)17(23)20-8-2-5-15(20)12-16(21)22/h1,3-4,11,15H,2,5-10,12H2,(H,21,22). The van der Waals surface area contributed by atoms with E-state index in [0.717, 1.165) is 6.42 Å². The Balaban J connectivity index is 1.93. The van der Waals surface area contributed by atoms with E-state index in [9.17, 15) is 14.0 Å². The van der Waals surface area contributed by atoms with Gasteiger partial charge in [-0.15, -0.1) is 0 Å². The Morgan fingerprint density at radius 1 is 1.33 bits per heavy atom. The van der Waals surface area contributed by atoms with Crippen LogP contribution in [0.1, 0.15) is 37.7 Å². The number of carbonyl (C=O) groups excluding carboxylic acids is 1. The molecule has 2 heterocycles. The van der Waals surface area contributed by atoms with E-state index in [4.69, 9.17) is 9.84 Å². The summed E-state index contributed by atoms with van der Waals surface area (Å²) in [4.78, 5) is 26.2. The molecular formula is C18H22FNO4. The Morgan fingerprint density at radius 2 is 2.08 bits per heavy atom. The molecule has 0 aromatic heterocycles. The number of halogens is 1. The molecule has 3 rings (SSSR count). The molecule has 0 saturated carbocycles. The predicted molar refractivity (Wildman–Crippen MR) is 85.1 cm³/mol. The van der Waals surface area contributed by atoms with E-state index < -0.39 is 11.4 Å². The van der Waals surface area contributed by atoms with Crippen molar-refractivity contribution in [2.45, 2.75) is 43.6 Å². The zero-order valence-electron chi connectivity index (χ0n) is 13.5. The van der Waals surface area contributed by atoms with Gasteiger partial charge in [0.1, 0.15) is 5.82 Å². The minimum absolute atomic E-state index is 0.0402. The van der Waals surface area contributed by atoms with Gasteiger partial charge in [-0.25, -0.2) is 4.39 Å². The number of benzene rings is 1. The summed E-state index contributed by atoms with van der Waals surface area (Å²) in [6.07, 6.45) is 2.45. The molecule has 0 aliphatic carbocycles. The Kier molecular flexibility index (Phi) is 4.85. The number of nitrogens with zero attached hydrogens (tertiary/aromatic N) is 1. The highest BCUT2D eigenvalue weighted by molar-refractivity contribution is 5.89. The average Bonchev–Trinajstić information content (AvgIpc) is 3.02. The number of amides is 1. The van der Waals surface area contributed by atoms with Gasteiger partial charge in [0.15, 0.2) is 0 Å². The molecule has 6 heteroatoms. The Morgan fingerprint density at radius 3 is 2.75 bits per heavy atom. The van der Waals surface area contributed by atoms with Crippen molar-refractivity contribution in [2.24, 2.45) is 0 Å². The molecule has 2 saturated heterocycles. The molecular weight excluding hydrogens is 313 g/mol. The molecule has 1 amide bonds. The van der Waals surface area contributed by atoms with E-state index >= 15 is 0 Å². The summed E-state index contributed by atoms with van der Waals surface area (Å²) in [6.45, 7) is 1.45. The first-order valence-corrected chi connectivity index (χ1v) is 8.39. The van der Waals surface area contributed by atoms with Crippen LogP contribution >= 0.6 is 0 Å². The van der Waals surface area contributed by atoms with Crippen LogP contribution in [0.2, 0.25) is 0 Å². The van der Waals surface area contributed by atoms with Gasteiger partial charge >= 0.3 is 5.97 Å². The number of ether oxygens (including phenoxy) is 1. The van der Waals surface area contributed by atoms with E-state index in [2.05, 4.69) is 0 Å². The number of carboxylic acids is 1. The first-order valence-electron chi connectivity index (χ1n) is 8.39. The van der Waals surface area contributed by atoms with Crippen molar-refractivity contribution in [1.82, 2.24) is 4.90 Å². The topological polar surface area (TPSA) is 66.8 Å². The molecule has 1 atom stereocenters. The van der Waals surface area contributed by atoms with Crippen LogP contribution in [0.25, 0.3) is 0 Å². The zero-order valence-corrected chi connectivity index (χ0v) is 13.5. The second kappa shape index (κ2) is 6.89. The zero-order chi connectivity index (χ0) is 17.2. The van der Waals surface area contributed by atoms with Crippen LogP contribution in [0.15, 0.2) is 24.3 Å². The van der Waals surface area contributed by atoms with E-state index in [-0.39, 0.29) is 24.2 Å². The van der Waals surface area contributed by atoms with Gasteiger partial charge in [0.2, 0.25) is 5.91 Å². The highest BCUT2D eigenvalue weighted by Crippen LogP contribution is 2.39. The van der Waals surface area contributed by atoms with Gasteiger partial charge in [-0.3, -0.25) is 9.59 Å². The molecule has 1 N–H and O–H groups in total. The molecule has 1 aromatic carbocycles. The second-order valence-corrected chi connectivity index (χ2v) is 6.60. The summed E-state index contributed by atoms with van der Waals surface area (Å²) < 4.78 is 19.2. The fourth-order valence-electron chi connectivity index (χ4n) is 3.92. The lowest BCUT2D eigenvalue weighted by molar-refractivity contribution is -0.144. The molecule has 1 unspecified atom stereocenters. The molecule has 0 bridgehead atoms. The van der Waals surface area contributed by atoms with Gasteiger partial charge in [0.25, 0.3) is 0 Å². The Bertz CT molecular complexity index is 627. The van der Waals surface area contributed by atoms with Crippen molar-refractivity contribution >= 4 is 11.9 Å². The smallest absolute Gasteiger partial charge is 0.305 e. The summed E-state index contributed by atoms with van der Waals surface area (Å²) >= 11 is 0. The van der Waals surface area contributed by atoms with Gasteiger partial charge in [-0.05, 0) is 43.4 Å². The highest BCUT2D eigenvalue weighted by Gasteiger charge is 2.46. The molecule has 2 aliphatic rings. The quantitative estimate of drug-likeness (QED) is 0.917. The molecule has 130 valence electrons. The van der Waals surface area contributed by atoms with Crippen molar-refractivity contribution in [3.05, 3.63) is 35.6 Å². The summed E-state index contributed by atoms with van der Waals surface area (Å²) in [7, 11) is 0. The molecule has 2 aliphatic heterocycles. The van der Waals surface area contributed by atoms with Gasteiger partial charge < -0.3 is 14.7 Å². The summed E-state index contributed by atoms with van der Waals surface area (Å²) in [5.41, 5.74) is -0.154. The summed E-state index contributed by atoms with van der Waals surface area (Å²) in [5, 5.41) is 9.09. The van der Waals surface area contributed by atoms with Crippen LogP contribution in [0.4, 0.5) is 4.39 Å². The fraction of sp³-hybridized carbons (Fsp3) is 0.556. The molecule has 2 fully saturated rings.